The summed E-state index contributed by atoms with van der Waals surface area (Å²) < 4.78 is 6.76. The van der Waals surface area contributed by atoms with E-state index in [9.17, 15) is 0 Å². The quantitative estimate of drug-likeness (QED) is 0.739. The lowest BCUT2D eigenvalue weighted by Gasteiger charge is -2.15. The fraction of sp³-hybridized carbons (Fsp3) is 0.538. The molecule has 0 bridgehead atoms. The lowest BCUT2D eigenvalue weighted by Crippen LogP contribution is -2.11. The third kappa shape index (κ3) is 4.86. The Bertz CT molecular complexity index is 339. The molecule has 1 aromatic rings. The fourth-order valence-electron chi connectivity index (χ4n) is 1.60. The van der Waals surface area contributed by atoms with Gasteiger partial charge in [0.05, 0.1) is 12.7 Å². The van der Waals surface area contributed by atoms with Gasteiger partial charge >= 0.3 is 0 Å². The molecule has 0 aliphatic carbocycles. The second-order valence-corrected chi connectivity index (χ2v) is 5.81. The number of ether oxygens (including phenoxy) is 1. The first-order valence-electron chi connectivity index (χ1n) is 5.54. The smallest absolute Gasteiger partial charge is 0.0734 e. The summed E-state index contributed by atoms with van der Waals surface area (Å²) in [6.07, 6.45) is 1.36. The molecule has 0 fully saturated rings. The second-order valence-electron chi connectivity index (χ2n) is 4.49. The van der Waals surface area contributed by atoms with Crippen LogP contribution in [-0.2, 0) is 11.3 Å². The van der Waals surface area contributed by atoms with Crippen molar-refractivity contribution in [1.82, 2.24) is 0 Å². The Hall–Kier alpha value is -0.0500. The van der Waals surface area contributed by atoms with Crippen molar-refractivity contribution in [3.8, 4) is 0 Å². The van der Waals surface area contributed by atoms with Gasteiger partial charge < -0.3 is 4.74 Å². The summed E-state index contributed by atoms with van der Waals surface area (Å²) in [5.74, 6) is 0.662. The Morgan fingerprint density at radius 3 is 2.56 bits per heavy atom. The zero-order valence-electron chi connectivity index (χ0n) is 9.97. The van der Waals surface area contributed by atoms with Crippen molar-refractivity contribution in [3.63, 3.8) is 0 Å². The molecule has 0 spiro atoms. The first-order valence-corrected chi connectivity index (χ1v) is 6.71. The Morgan fingerprint density at radius 2 is 2.00 bits per heavy atom. The maximum Gasteiger partial charge on any atom is 0.0734 e. The molecule has 0 heterocycles. The van der Waals surface area contributed by atoms with E-state index in [2.05, 4.69) is 36.7 Å². The van der Waals surface area contributed by atoms with Crippen molar-refractivity contribution in [2.45, 2.75) is 39.9 Å². The minimum absolute atomic E-state index is 0.278. The molecule has 90 valence electrons. The molecule has 0 aliphatic heterocycles. The van der Waals surface area contributed by atoms with E-state index >= 15 is 0 Å². The molecule has 0 aliphatic rings. The summed E-state index contributed by atoms with van der Waals surface area (Å²) in [5.41, 5.74) is 1.04. The van der Waals surface area contributed by atoms with Gasteiger partial charge in [-0.15, -0.1) is 0 Å². The van der Waals surface area contributed by atoms with Gasteiger partial charge in [0.25, 0.3) is 0 Å². The highest BCUT2D eigenvalue weighted by atomic mass is 79.9. The Labute approximate surface area is 111 Å². The summed E-state index contributed by atoms with van der Waals surface area (Å²) in [4.78, 5) is 0. The van der Waals surface area contributed by atoms with Crippen LogP contribution in [0.5, 0.6) is 0 Å². The zero-order chi connectivity index (χ0) is 12.1. The minimum Gasteiger partial charge on any atom is -0.374 e. The third-order valence-electron chi connectivity index (χ3n) is 2.34. The van der Waals surface area contributed by atoms with Crippen LogP contribution in [0.1, 0.15) is 32.8 Å². The molecule has 1 aromatic carbocycles. The van der Waals surface area contributed by atoms with Crippen molar-refractivity contribution in [1.29, 1.82) is 0 Å². The largest absolute Gasteiger partial charge is 0.374 e. The van der Waals surface area contributed by atoms with E-state index in [1.807, 2.05) is 18.2 Å². The summed E-state index contributed by atoms with van der Waals surface area (Å²) in [7, 11) is 0. The standard InChI is InChI=1S/C13H18BrClO/c1-9(2)6-10(3)16-8-11-4-5-12(14)7-13(11)15/h4-5,7,9-10H,6,8H2,1-3H3. The number of hydrogen-bond acceptors (Lipinski definition) is 1. The first kappa shape index (κ1) is 14.0. The van der Waals surface area contributed by atoms with E-state index in [0.29, 0.717) is 12.5 Å². The van der Waals surface area contributed by atoms with Crippen LogP contribution < -0.4 is 0 Å². The monoisotopic (exact) mass is 304 g/mol. The maximum atomic E-state index is 6.11. The fourth-order valence-corrected chi connectivity index (χ4v) is 2.33. The average Bonchev–Trinajstić information content (AvgIpc) is 2.15. The molecule has 0 amide bonds. The van der Waals surface area contributed by atoms with E-state index in [0.717, 1.165) is 21.5 Å². The van der Waals surface area contributed by atoms with Crippen LogP contribution in [0.4, 0.5) is 0 Å². The lowest BCUT2D eigenvalue weighted by atomic mass is 10.1. The van der Waals surface area contributed by atoms with Crippen LogP contribution in [0, 0.1) is 5.92 Å². The first-order chi connectivity index (χ1) is 7.49. The number of halogens is 2. The van der Waals surface area contributed by atoms with Gasteiger partial charge in [-0.2, -0.15) is 0 Å². The van der Waals surface area contributed by atoms with Gasteiger partial charge in [-0.05, 0) is 37.0 Å². The van der Waals surface area contributed by atoms with Gasteiger partial charge in [-0.1, -0.05) is 47.4 Å². The topological polar surface area (TPSA) is 9.23 Å². The maximum absolute atomic E-state index is 6.11. The third-order valence-corrected chi connectivity index (χ3v) is 3.19. The number of hydrogen-bond donors (Lipinski definition) is 0. The zero-order valence-corrected chi connectivity index (χ0v) is 12.3. The molecule has 0 N–H and O–H groups in total. The van der Waals surface area contributed by atoms with Gasteiger partial charge in [-0.3, -0.25) is 0 Å². The van der Waals surface area contributed by atoms with Crippen LogP contribution in [0.15, 0.2) is 22.7 Å². The molecule has 1 unspecified atom stereocenters. The highest BCUT2D eigenvalue weighted by molar-refractivity contribution is 9.10. The number of rotatable bonds is 5. The Balaban J connectivity index is 2.48. The predicted molar refractivity (Wildman–Crippen MR) is 72.9 cm³/mol. The van der Waals surface area contributed by atoms with Gasteiger partial charge in [0, 0.05) is 9.50 Å². The Morgan fingerprint density at radius 1 is 1.31 bits per heavy atom. The SMILES string of the molecule is CC(C)CC(C)OCc1ccc(Br)cc1Cl. The molecule has 0 saturated heterocycles. The molecule has 0 saturated carbocycles. The molecule has 0 radical (unpaired) electrons. The van der Waals surface area contributed by atoms with Crippen LogP contribution in [0.25, 0.3) is 0 Å². The molecular weight excluding hydrogens is 287 g/mol. The second kappa shape index (κ2) is 6.63. The molecule has 0 aromatic heterocycles. The molecule has 1 atom stereocenters. The summed E-state index contributed by atoms with van der Waals surface area (Å²) in [6.45, 7) is 7.09. The van der Waals surface area contributed by atoms with Crippen molar-refractivity contribution >= 4 is 27.5 Å². The van der Waals surface area contributed by atoms with E-state index < -0.39 is 0 Å². The average molecular weight is 306 g/mol. The van der Waals surface area contributed by atoms with Crippen LogP contribution in [0.2, 0.25) is 5.02 Å². The van der Waals surface area contributed by atoms with E-state index in [-0.39, 0.29) is 6.10 Å². The van der Waals surface area contributed by atoms with Crippen LogP contribution in [0.3, 0.4) is 0 Å². The van der Waals surface area contributed by atoms with Crippen LogP contribution >= 0.6 is 27.5 Å². The predicted octanol–water partition coefficient (Wildman–Crippen LogP) is 5.05. The van der Waals surface area contributed by atoms with Crippen molar-refractivity contribution in [2.75, 3.05) is 0 Å². The molecule has 1 rings (SSSR count). The summed E-state index contributed by atoms with van der Waals surface area (Å²) in [5, 5.41) is 0.756. The van der Waals surface area contributed by atoms with Gasteiger partial charge in [0.1, 0.15) is 0 Å². The number of benzene rings is 1. The molecular formula is C13H18BrClO. The lowest BCUT2D eigenvalue weighted by molar-refractivity contribution is 0.0397. The van der Waals surface area contributed by atoms with Crippen molar-refractivity contribution in [2.24, 2.45) is 5.92 Å². The minimum atomic E-state index is 0.278. The Kier molecular flexibility index (Phi) is 5.81. The summed E-state index contributed by atoms with van der Waals surface area (Å²) in [6, 6.07) is 5.87. The van der Waals surface area contributed by atoms with Crippen molar-refractivity contribution in [3.05, 3.63) is 33.3 Å². The van der Waals surface area contributed by atoms with Gasteiger partial charge in [-0.25, -0.2) is 0 Å². The van der Waals surface area contributed by atoms with Crippen LogP contribution in [-0.4, -0.2) is 6.10 Å². The van der Waals surface area contributed by atoms with E-state index in [1.54, 1.807) is 0 Å². The van der Waals surface area contributed by atoms with Gasteiger partial charge in [0.2, 0.25) is 0 Å². The highest BCUT2D eigenvalue weighted by Crippen LogP contribution is 2.22. The highest BCUT2D eigenvalue weighted by Gasteiger charge is 2.07. The van der Waals surface area contributed by atoms with Crippen molar-refractivity contribution < 1.29 is 4.74 Å². The van der Waals surface area contributed by atoms with E-state index in [4.69, 9.17) is 16.3 Å². The van der Waals surface area contributed by atoms with E-state index in [1.165, 1.54) is 0 Å². The molecule has 16 heavy (non-hydrogen) atoms. The summed E-state index contributed by atoms with van der Waals surface area (Å²) >= 11 is 9.49. The normalized spacial score (nSPS) is 13.1. The molecule has 1 nitrogen and oxygen atoms in total. The van der Waals surface area contributed by atoms with Gasteiger partial charge in [0.15, 0.2) is 0 Å². The molecule has 3 heteroatoms.